The van der Waals surface area contributed by atoms with Gasteiger partial charge in [-0.3, -0.25) is 14.5 Å². The van der Waals surface area contributed by atoms with Crippen molar-refractivity contribution >= 4 is 24.3 Å². The Labute approximate surface area is 123 Å². The van der Waals surface area contributed by atoms with Gasteiger partial charge in [-0.25, -0.2) is 4.79 Å². The first-order valence-corrected chi connectivity index (χ1v) is 6.32. The molecule has 6 nitrogen and oxygen atoms in total. The highest BCUT2D eigenvalue weighted by Gasteiger charge is 2.24. The third-order valence-corrected chi connectivity index (χ3v) is 2.80. The zero-order valence-electron chi connectivity index (χ0n) is 11.9. The van der Waals surface area contributed by atoms with E-state index in [1.54, 1.807) is 12.1 Å². The molecule has 1 rings (SSSR count). The first-order chi connectivity index (χ1) is 9.97. The lowest BCUT2D eigenvalue weighted by molar-refractivity contribution is -0.123. The van der Waals surface area contributed by atoms with Gasteiger partial charge < -0.3 is 10.0 Å². The molecule has 1 aromatic rings. The minimum atomic E-state index is -1.07. The molecule has 0 heterocycles. The van der Waals surface area contributed by atoms with Gasteiger partial charge >= 0.3 is 6.03 Å². The Kier molecular flexibility index (Phi) is 6.29. The van der Waals surface area contributed by atoms with E-state index in [1.807, 2.05) is 18.2 Å². The van der Waals surface area contributed by atoms with Gasteiger partial charge in [0.15, 0.2) is 0 Å². The molecule has 1 N–H and O–H groups in total. The van der Waals surface area contributed by atoms with Gasteiger partial charge in [-0.15, -0.1) is 0 Å². The van der Waals surface area contributed by atoms with Crippen molar-refractivity contribution in [3.8, 4) is 0 Å². The van der Waals surface area contributed by atoms with Crippen LogP contribution in [0.15, 0.2) is 36.4 Å². The number of aliphatic hydroxyl groups excluding tert-OH is 1. The van der Waals surface area contributed by atoms with E-state index in [1.165, 1.54) is 32.4 Å². The van der Waals surface area contributed by atoms with E-state index in [0.29, 0.717) is 4.90 Å². The molecule has 0 spiro atoms. The van der Waals surface area contributed by atoms with Crippen molar-refractivity contribution < 1.29 is 19.5 Å². The lowest BCUT2D eigenvalue weighted by Crippen LogP contribution is -2.47. The molecule has 0 saturated heterocycles. The summed E-state index contributed by atoms with van der Waals surface area (Å²) < 4.78 is 0. The Morgan fingerprint density at radius 3 is 2.48 bits per heavy atom. The minimum Gasteiger partial charge on any atom is -0.374 e. The third-order valence-electron chi connectivity index (χ3n) is 2.80. The number of urea groups is 1. The molecule has 21 heavy (non-hydrogen) atoms. The summed E-state index contributed by atoms with van der Waals surface area (Å²) in [5.74, 6) is -0.653. The Morgan fingerprint density at radius 1 is 1.33 bits per heavy atom. The molecule has 0 aliphatic rings. The largest absolute Gasteiger partial charge is 0.374 e. The third kappa shape index (κ3) is 4.85. The highest BCUT2D eigenvalue weighted by atomic mass is 16.3. The number of hydrogen-bond acceptors (Lipinski definition) is 4. The standard InChI is InChI=1S/C15H17N2O4/c1-12(19)16(2)15(21)17(10-11-18)14(20)9-8-13-6-4-3-5-7-13/h3-9,12,19H,10H2,1-2H3/b9-8+. The van der Waals surface area contributed by atoms with Gasteiger partial charge in [-0.2, -0.15) is 0 Å². The maximum atomic E-state index is 12.0. The highest BCUT2D eigenvalue weighted by molar-refractivity contribution is 6.03. The molecule has 1 unspecified atom stereocenters. The number of carbonyl (C=O) groups is 2. The average molecular weight is 289 g/mol. The van der Waals surface area contributed by atoms with Crippen LogP contribution in [0.2, 0.25) is 0 Å². The van der Waals surface area contributed by atoms with E-state index in [4.69, 9.17) is 0 Å². The fourth-order valence-corrected chi connectivity index (χ4v) is 1.48. The highest BCUT2D eigenvalue weighted by Crippen LogP contribution is 2.05. The smallest absolute Gasteiger partial charge is 0.329 e. The second-order valence-corrected chi connectivity index (χ2v) is 4.34. The molecule has 0 aliphatic carbocycles. The summed E-state index contributed by atoms with van der Waals surface area (Å²) in [5, 5.41) is 9.35. The molecular formula is C15H17N2O4. The van der Waals surface area contributed by atoms with Crippen molar-refractivity contribution in [3.63, 3.8) is 0 Å². The van der Waals surface area contributed by atoms with Crippen molar-refractivity contribution in [1.29, 1.82) is 0 Å². The summed E-state index contributed by atoms with van der Waals surface area (Å²) in [4.78, 5) is 36.2. The molecule has 0 aromatic heterocycles. The van der Waals surface area contributed by atoms with E-state index >= 15 is 0 Å². The number of imide groups is 1. The monoisotopic (exact) mass is 289 g/mol. The summed E-state index contributed by atoms with van der Waals surface area (Å²) in [6.45, 7) is 0.888. The van der Waals surface area contributed by atoms with Crippen LogP contribution in [0.1, 0.15) is 12.5 Å². The predicted molar refractivity (Wildman–Crippen MR) is 77.7 cm³/mol. The van der Waals surface area contributed by atoms with E-state index in [0.717, 1.165) is 10.5 Å². The van der Waals surface area contributed by atoms with Crippen LogP contribution >= 0.6 is 0 Å². The molecule has 1 atom stereocenters. The maximum absolute atomic E-state index is 12.0. The van der Waals surface area contributed by atoms with Crippen LogP contribution in [0.25, 0.3) is 6.08 Å². The molecule has 1 radical (unpaired) electrons. The normalized spacial score (nSPS) is 12.0. The van der Waals surface area contributed by atoms with Gasteiger partial charge in [0.25, 0.3) is 5.91 Å². The van der Waals surface area contributed by atoms with Gasteiger partial charge in [0, 0.05) is 13.1 Å². The SMILES string of the molecule is CC(O)N(C)C(=O)N(C[C]=O)C(=O)/C=C/c1ccccc1. The zero-order valence-corrected chi connectivity index (χ0v) is 11.9. The predicted octanol–water partition coefficient (Wildman–Crippen LogP) is 1.03. The van der Waals surface area contributed by atoms with Gasteiger partial charge in [-0.05, 0) is 18.6 Å². The molecule has 0 aliphatic heterocycles. The van der Waals surface area contributed by atoms with Crippen LogP contribution in [0.3, 0.4) is 0 Å². The summed E-state index contributed by atoms with van der Waals surface area (Å²) in [5.41, 5.74) is 0.789. The van der Waals surface area contributed by atoms with Crippen LogP contribution in [-0.4, -0.2) is 53.0 Å². The number of carbonyl (C=O) groups excluding carboxylic acids is 3. The molecule has 111 valence electrons. The number of amides is 3. The summed E-state index contributed by atoms with van der Waals surface area (Å²) in [7, 11) is 1.33. The van der Waals surface area contributed by atoms with Crippen LogP contribution in [0.4, 0.5) is 4.79 Å². The van der Waals surface area contributed by atoms with E-state index in [2.05, 4.69) is 0 Å². The topological polar surface area (TPSA) is 77.9 Å². The van der Waals surface area contributed by atoms with Gasteiger partial charge in [-0.1, -0.05) is 30.3 Å². The van der Waals surface area contributed by atoms with Gasteiger partial charge in [0.05, 0.1) is 6.54 Å². The number of hydrogen-bond donors (Lipinski definition) is 1. The Hall–Kier alpha value is -2.47. The van der Waals surface area contributed by atoms with Gasteiger partial charge in [0.1, 0.15) is 6.23 Å². The van der Waals surface area contributed by atoms with Crippen molar-refractivity contribution in [2.45, 2.75) is 13.2 Å². The second-order valence-electron chi connectivity index (χ2n) is 4.34. The van der Waals surface area contributed by atoms with Crippen LogP contribution in [0, 0.1) is 0 Å². The fourth-order valence-electron chi connectivity index (χ4n) is 1.48. The Balaban J connectivity index is 2.85. The van der Waals surface area contributed by atoms with Crippen LogP contribution in [0.5, 0.6) is 0 Å². The summed E-state index contributed by atoms with van der Waals surface area (Å²) in [6.07, 6.45) is 3.17. The molecule has 3 amide bonds. The lowest BCUT2D eigenvalue weighted by Gasteiger charge is -2.26. The fraction of sp³-hybridized carbons (Fsp3) is 0.267. The van der Waals surface area contributed by atoms with E-state index < -0.39 is 24.7 Å². The molecule has 0 bridgehead atoms. The lowest BCUT2D eigenvalue weighted by atomic mass is 10.2. The van der Waals surface area contributed by atoms with Crippen molar-refractivity contribution in [2.75, 3.05) is 13.6 Å². The number of benzene rings is 1. The van der Waals surface area contributed by atoms with Crippen LogP contribution in [-0.2, 0) is 9.59 Å². The minimum absolute atomic E-state index is 0.492. The first-order valence-electron chi connectivity index (χ1n) is 6.32. The first kappa shape index (κ1) is 16.6. The number of nitrogens with zero attached hydrogens (tertiary/aromatic N) is 2. The maximum Gasteiger partial charge on any atom is 0.329 e. The molecular weight excluding hydrogens is 272 g/mol. The second kappa shape index (κ2) is 7.96. The molecule has 6 heteroatoms. The average Bonchev–Trinajstić information content (AvgIpc) is 2.49. The van der Waals surface area contributed by atoms with Crippen LogP contribution < -0.4 is 0 Å². The van der Waals surface area contributed by atoms with E-state index in [9.17, 15) is 19.5 Å². The van der Waals surface area contributed by atoms with Gasteiger partial charge in [0.2, 0.25) is 6.29 Å². The van der Waals surface area contributed by atoms with Crippen molar-refractivity contribution in [1.82, 2.24) is 9.80 Å². The summed E-state index contributed by atoms with van der Waals surface area (Å²) in [6, 6.07) is 8.29. The number of aliphatic hydroxyl groups is 1. The van der Waals surface area contributed by atoms with Crippen molar-refractivity contribution in [2.24, 2.45) is 0 Å². The zero-order chi connectivity index (χ0) is 15.8. The Morgan fingerprint density at radius 2 is 1.95 bits per heavy atom. The molecule has 0 saturated carbocycles. The number of rotatable bonds is 5. The molecule has 1 aromatic carbocycles. The quantitative estimate of drug-likeness (QED) is 0.648. The Bertz CT molecular complexity index is 526. The molecule has 0 fully saturated rings. The summed E-state index contributed by atoms with van der Waals surface area (Å²) >= 11 is 0. The van der Waals surface area contributed by atoms with E-state index in [-0.39, 0.29) is 0 Å². The van der Waals surface area contributed by atoms with Crippen molar-refractivity contribution in [3.05, 3.63) is 42.0 Å².